The maximum absolute atomic E-state index is 12.0. The largest absolute Gasteiger partial charge is 2.00 e. The normalized spacial score (nSPS) is 21.3. The quantitative estimate of drug-likeness (QED) is 0.305. The number of aromatic carboxylic acids is 1. The van der Waals surface area contributed by atoms with E-state index in [1.54, 1.807) is 10.6 Å². The van der Waals surface area contributed by atoms with Gasteiger partial charge in [0.05, 0.1) is 5.54 Å². The number of aromatic nitrogens is 3. The van der Waals surface area contributed by atoms with Crippen molar-refractivity contribution in [1.82, 2.24) is 14.7 Å². The zero-order valence-corrected chi connectivity index (χ0v) is 23.9. The van der Waals surface area contributed by atoms with Crippen LogP contribution < -0.4 is 5.76 Å². The number of carbonyl (C=O) groups is 1. The van der Waals surface area contributed by atoms with Gasteiger partial charge in [-0.1, -0.05) is 17.3 Å². The predicted molar refractivity (Wildman–Crippen MR) is 130 cm³/mol. The maximum Gasteiger partial charge on any atom is 2.00 e. The minimum Gasteiger partial charge on any atom is -0.477 e. The molecule has 6 rings (SSSR count). The summed E-state index contributed by atoms with van der Waals surface area (Å²) in [5.41, 5.74) is 2.37. The van der Waals surface area contributed by atoms with Gasteiger partial charge in [-0.3, -0.25) is 9.51 Å². The van der Waals surface area contributed by atoms with Gasteiger partial charge in [-0.25, -0.2) is 9.59 Å². The van der Waals surface area contributed by atoms with Crippen LogP contribution >= 0.6 is 0 Å². The molecule has 0 bridgehead atoms. The van der Waals surface area contributed by atoms with Gasteiger partial charge in [0.1, 0.15) is 5.69 Å². The van der Waals surface area contributed by atoms with E-state index in [1.165, 1.54) is 5.56 Å². The summed E-state index contributed by atoms with van der Waals surface area (Å²) in [4.78, 5) is 26.1. The molecule has 36 heavy (non-hydrogen) atoms. The molecule has 4 aromatic rings. The average Bonchev–Trinajstić information content (AvgIpc) is 3.19. The molecule has 1 aliphatic carbocycles. The van der Waals surface area contributed by atoms with Crippen molar-refractivity contribution in [2.45, 2.75) is 30.7 Å². The Morgan fingerprint density at radius 3 is 2.36 bits per heavy atom. The molecule has 2 aromatic heterocycles. The number of H-pyrrole nitrogens is 1. The predicted octanol–water partition coefficient (Wildman–Crippen LogP) is 4.38. The van der Waals surface area contributed by atoms with Gasteiger partial charge in [0.2, 0.25) is 0 Å². The number of benzene rings is 2. The Balaban J connectivity index is 0.000000331. The molecule has 2 N–H and O–H groups in total. The van der Waals surface area contributed by atoms with Crippen molar-refractivity contribution in [2.75, 3.05) is 13.2 Å². The van der Waals surface area contributed by atoms with E-state index in [4.69, 9.17) is 4.74 Å². The summed E-state index contributed by atoms with van der Waals surface area (Å²) >= 11 is 0. The molecule has 1 aliphatic heterocycles. The molecule has 0 unspecified atom stereocenters. The molecule has 0 amide bonds. The number of carboxylic acid groups (broad SMARTS) is 1. The van der Waals surface area contributed by atoms with Gasteiger partial charge in [-0.2, -0.15) is 24.6 Å². The number of carboxylic acids is 1. The second-order valence-electron chi connectivity index (χ2n) is 9.13. The summed E-state index contributed by atoms with van der Waals surface area (Å²) in [6.07, 6.45) is 2.49. The van der Waals surface area contributed by atoms with Crippen molar-refractivity contribution in [3.05, 3.63) is 102 Å². The van der Waals surface area contributed by atoms with E-state index in [9.17, 15) is 14.7 Å². The van der Waals surface area contributed by atoms with Gasteiger partial charge in [0.15, 0.2) is 5.82 Å². The number of nitrogens with one attached hydrogen (secondary N) is 1. The van der Waals surface area contributed by atoms with E-state index in [1.807, 2.05) is 36.4 Å². The first kappa shape index (κ1) is 26.3. The molecule has 8 nitrogen and oxygen atoms in total. The number of fused-ring (bicyclic) bond motifs is 1. The molecule has 1 saturated heterocycles. The molecular weight excluding hydrogens is 684 g/mol. The summed E-state index contributed by atoms with van der Waals surface area (Å²) in [6.45, 7) is 9.32. The molecule has 2 aliphatic rings. The van der Waals surface area contributed by atoms with Crippen molar-refractivity contribution in [3.8, 4) is 0 Å². The van der Waals surface area contributed by atoms with Crippen LogP contribution in [-0.2, 0) is 10.3 Å². The zero-order valence-electron chi connectivity index (χ0n) is 19.8. The summed E-state index contributed by atoms with van der Waals surface area (Å²) in [6, 6.07) is 17.6. The molecule has 2 atom stereocenters. The SMILES string of the molecule is [CH2-][C@H]1C[C@]1(c1noc(=O)[nH]1)n1c(C(=O)O)cc2cc(C3CCOCC3)ccc21.[CH2-]c1ccccc1.[U+2]. The van der Waals surface area contributed by atoms with Crippen molar-refractivity contribution in [3.63, 3.8) is 0 Å². The molecule has 0 spiro atoms. The summed E-state index contributed by atoms with van der Waals surface area (Å²) in [5, 5.41) is 14.5. The molecule has 2 aromatic carbocycles. The summed E-state index contributed by atoms with van der Waals surface area (Å²) in [7, 11) is 0. The summed E-state index contributed by atoms with van der Waals surface area (Å²) in [5.74, 6) is -1.10. The number of hydrogen-bond acceptors (Lipinski definition) is 5. The van der Waals surface area contributed by atoms with Gasteiger partial charge in [0, 0.05) is 24.1 Å². The molecule has 2 fully saturated rings. The molecule has 1 saturated carbocycles. The topological polar surface area (TPSA) is 110 Å². The first-order chi connectivity index (χ1) is 16.9. The Labute approximate surface area is 232 Å². The van der Waals surface area contributed by atoms with Crippen LogP contribution in [-0.4, -0.2) is 39.0 Å². The van der Waals surface area contributed by atoms with Crippen LogP contribution in [0.5, 0.6) is 0 Å². The van der Waals surface area contributed by atoms with Gasteiger partial charge in [-0.15, -0.1) is 18.1 Å². The van der Waals surface area contributed by atoms with Gasteiger partial charge >= 0.3 is 42.8 Å². The van der Waals surface area contributed by atoms with Gasteiger partial charge in [0.25, 0.3) is 0 Å². The Morgan fingerprint density at radius 2 is 1.83 bits per heavy atom. The fourth-order valence-corrected chi connectivity index (χ4v) is 4.99. The van der Waals surface area contributed by atoms with Gasteiger partial charge in [-0.05, 0) is 48.9 Å². The standard InChI is InChI=1S/C20H20N3O5.C7H7.U/c1-11-10-20(11,18-21-19(26)28-22-18)23-15-3-2-13(12-4-6-27-7-5-12)8-14(15)9-16(23)17(24)25;1-7-5-3-2-4-6-7;/h2-3,8-9,11-12H,1,4-7,10H2,(H,24,25)(H,21,22,26);2-6H,1H2;/q2*-1;+2/t11-,20-;;/m0../s1. The minimum atomic E-state index is -1.03. The molecule has 9 heteroatoms. The molecule has 184 valence electrons. The van der Waals surface area contributed by atoms with Crippen LogP contribution in [0.2, 0.25) is 0 Å². The Morgan fingerprint density at radius 1 is 1.14 bits per heavy atom. The number of hydrogen-bond donors (Lipinski definition) is 2. The van der Waals surface area contributed by atoms with E-state index < -0.39 is 17.3 Å². The number of nitrogens with zero attached hydrogens (tertiary/aromatic N) is 2. The summed E-state index contributed by atoms with van der Waals surface area (Å²) < 4.78 is 11.9. The third kappa shape index (κ3) is 4.93. The van der Waals surface area contributed by atoms with Crippen LogP contribution in [0.25, 0.3) is 10.9 Å². The van der Waals surface area contributed by atoms with E-state index >= 15 is 0 Å². The minimum absolute atomic E-state index is 0. The smallest absolute Gasteiger partial charge is 0.477 e. The first-order valence-electron chi connectivity index (χ1n) is 11.6. The van der Waals surface area contributed by atoms with E-state index in [-0.39, 0.29) is 42.7 Å². The van der Waals surface area contributed by atoms with Crippen molar-refractivity contribution in [2.24, 2.45) is 5.92 Å². The molecule has 0 radical (unpaired) electrons. The van der Waals surface area contributed by atoms with Crippen molar-refractivity contribution >= 4 is 16.9 Å². The first-order valence-corrected chi connectivity index (χ1v) is 11.6. The third-order valence-corrected chi connectivity index (χ3v) is 6.90. The van der Waals surface area contributed by atoms with Crippen LogP contribution in [0.3, 0.4) is 0 Å². The molecular formula is C27H27N3O5U. The second-order valence-corrected chi connectivity index (χ2v) is 9.13. The van der Waals surface area contributed by atoms with Crippen molar-refractivity contribution < 1.29 is 50.3 Å². The number of rotatable bonds is 4. The Bertz CT molecular complexity index is 1400. The Kier molecular flexibility index (Phi) is 7.84. The van der Waals surface area contributed by atoms with Crippen LogP contribution in [0, 0.1) is 50.9 Å². The van der Waals surface area contributed by atoms with E-state index in [0.717, 1.165) is 42.5 Å². The number of aromatic amines is 1. The Hall–Kier alpha value is -2.73. The van der Waals surface area contributed by atoms with Crippen LogP contribution in [0.15, 0.2) is 63.9 Å². The number of ether oxygens (including phenoxy) is 1. The second kappa shape index (κ2) is 10.7. The van der Waals surface area contributed by atoms with E-state index in [0.29, 0.717) is 18.2 Å². The maximum atomic E-state index is 12.0. The monoisotopic (exact) mass is 711 g/mol. The zero-order chi connectivity index (χ0) is 24.6. The fraction of sp³-hybridized carbons (Fsp3) is 0.296. The molecule has 3 heterocycles. The van der Waals surface area contributed by atoms with Crippen molar-refractivity contribution in [1.29, 1.82) is 0 Å². The van der Waals surface area contributed by atoms with E-state index in [2.05, 4.69) is 40.6 Å². The fourth-order valence-electron chi connectivity index (χ4n) is 4.99. The van der Waals surface area contributed by atoms with Crippen LogP contribution in [0.4, 0.5) is 0 Å². The van der Waals surface area contributed by atoms with Crippen LogP contribution in [0.1, 0.15) is 52.6 Å². The third-order valence-electron chi connectivity index (χ3n) is 6.90. The average molecular weight is 712 g/mol. The van der Waals surface area contributed by atoms with Gasteiger partial charge < -0.3 is 21.3 Å².